The van der Waals surface area contributed by atoms with Crippen molar-refractivity contribution in [2.45, 2.75) is 19.8 Å². The molecule has 1 aliphatic heterocycles. The molecule has 0 radical (unpaired) electrons. The van der Waals surface area contributed by atoms with E-state index in [-0.39, 0.29) is 24.3 Å². The molecule has 2 N–H and O–H groups in total. The van der Waals surface area contributed by atoms with Crippen LogP contribution in [0.5, 0.6) is 0 Å². The molecule has 1 fully saturated rings. The van der Waals surface area contributed by atoms with Gasteiger partial charge in [-0.2, -0.15) is 0 Å². The Morgan fingerprint density at radius 2 is 1.83 bits per heavy atom. The van der Waals surface area contributed by atoms with Gasteiger partial charge in [0.2, 0.25) is 11.8 Å². The fourth-order valence-electron chi connectivity index (χ4n) is 3.29. The Kier molecular flexibility index (Phi) is 6.49. The van der Waals surface area contributed by atoms with E-state index in [1.54, 1.807) is 23.1 Å². The molecule has 0 aliphatic carbocycles. The molecule has 2 aromatic carbocycles. The number of hydrogen-bond donors (Lipinski definition) is 2. The van der Waals surface area contributed by atoms with Crippen LogP contribution in [0.1, 0.15) is 30.1 Å². The van der Waals surface area contributed by atoms with Gasteiger partial charge in [-0.25, -0.2) is 4.39 Å². The molecule has 152 valence electrons. The number of rotatable bonds is 4. The van der Waals surface area contributed by atoms with Crippen LogP contribution in [0.15, 0.2) is 42.5 Å². The van der Waals surface area contributed by atoms with Crippen LogP contribution >= 0.6 is 11.6 Å². The van der Waals surface area contributed by atoms with Crippen molar-refractivity contribution in [2.75, 3.05) is 23.7 Å². The summed E-state index contributed by atoms with van der Waals surface area (Å²) < 4.78 is 13.1. The van der Waals surface area contributed by atoms with Crippen molar-refractivity contribution in [2.24, 2.45) is 5.92 Å². The zero-order valence-corrected chi connectivity index (χ0v) is 16.6. The van der Waals surface area contributed by atoms with E-state index in [4.69, 9.17) is 11.6 Å². The van der Waals surface area contributed by atoms with Gasteiger partial charge in [0.25, 0.3) is 5.91 Å². The predicted molar refractivity (Wildman–Crippen MR) is 109 cm³/mol. The van der Waals surface area contributed by atoms with Gasteiger partial charge in [-0.15, -0.1) is 0 Å². The summed E-state index contributed by atoms with van der Waals surface area (Å²) >= 11 is 6.17. The maximum atomic E-state index is 13.1. The number of piperidine rings is 1. The summed E-state index contributed by atoms with van der Waals surface area (Å²) in [7, 11) is 0. The predicted octanol–water partition coefficient (Wildman–Crippen LogP) is 3.93. The summed E-state index contributed by atoms with van der Waals surface area (Å²) in [5.41, 5.74) is 1.30. The van der Waals surface area contributed by atoms with Crippen molar-refractivity contribution in [3.8, 4) is 0 Å². The number of anilines is 2. The first-order chi connectivity index (χ1) is 13.8. The van der Waals surface area contributed by atoms with Crippen LogP contribution in [0.4, 0.5) is 15.8 Å². The summed E-state index contributed by atoms with van der Waals surface area (Å²) in [5, 5.41) is 5.78. The second kappa shape index (κ2) is 9.05. The van der Waals surface area contributed by atoms with Crippen molar-refractivity contribution in [3.63, 3.8) is 0 Å². The highest BCUT2D eigenvalue weighted by atomic mass is 35.5. The molecule has 6 nitrogen and oxygen atoms in total. The van der Waals surface area contributed by atoms with E-state index < -0.39 is 11.7 Å². The number of nitrogens with zero attached hydrogens (tertiary/aromatic N) is 1. The molecule has 1 saturated heterocycles. The van der Waals surface area contributed by atoms with Crippen molar-refractivity contribution < 1.29 is 18.8 Å². The summed E-state index contributed by atoms with van der Waals surface area (Å²) in [5.74, 6) is -1.51. The standard InChI is InChI=1S/C21H21ClFN3O3/c1-13(27)24-17-8-9-18(22)19(11-17)25-20(28)15-3-2-10-26(12-15)21(29)14-4-6-16(23)7-5-14/h4-9,11,15H,2-3,10,12H2,1H3,(H,24,27)(H,25,28). The van der Waals surface area contributed by atoms with Crippen LogP contribution in [0.2, 0.25) is 5.02 Å². The van der Waals surface area contributed by atoms with Crippen LogP contribution in [0.3, 0.4) is 0 Å². The number of carbonyl (C=O) groups is 3. The van der Waals surface area contributed by atoms with E-state index in [1.165, 1.54) is 31.2 Å². The van der Waals surface area contributed by atoms with Crippen molar-refractivity contribution in [1.82, 2.24) is 4.90 Å². The molecular formula is C21H21ClFN3O3. The maximum Gasteiger partial charge on any atom is 0.253 e. The van der Waals surface area contributed by atoms with E-state index in [1.807, 2.05) is 0 Å². The number of nitrogens with one attached hydrogen (secondary N) is 2. The summed E-state index contributed by atoms with van der Waals surface area (Å²) in [6.45, 7) is 2.20. The lowest BCUT2D eigenvalue weighted by molar-refractivity contribution is -0.121. The Labute approximate surface area is 173 Å². The summed E-state index contributed by atoms with van der Waals surface area (Å²) in [4.78, 5) is 38.2. The van der Waals surface area contributed by atoms with Gasteiger partial charge in [-0.3, -0.25) is 14.4 Å². The van der Waals surface area contributed by atoms with Gasteiger partial charge in [0.15, 0.2) is 0 Å². The van der Waals surface area contributed by atoms with E-state index in [0.717, 1.165) is 0 Å². The van der Waals surface area contributed by atoms with Crippen molar-refractivity contribution >= 4 is 40.7 Å². The molecule has 0 spiro atoms. The normalized spacial score (nSPS) is 16.2. The lowest BCUT2D eigenvalue weighted by Crippen LogP contribution is -2.43. The second-order valence-electron chi connectivity index (χ2n) is 6.96. The van der Waals surface area contributed by atoms with Crippen LogP contribution in [0.25, 0.3) is 0 Å². The molecule has 1 atom stereocenters. The fraction of sp³-hybridized carbons (Fsp3) is 0.286. The molecule has 0 bridgehead atoms. The summed E-state index contributed by atoms with van der Waals surface area (Å²) in [6.07, 6.45) is 1.33. The molecular weight excluding hydrogens is 397 g/mol. The molecule has 3 rings (SSSR count). The monoisotopic (exact) mass is 417 g/mol. The van der Waals surface area contributed by atoms with E-state index in [2.05, 4.69) is 10.6 Å². The molecule has 29 heavy (non-hydrogen) atoms. The highest BCUT2D eigenvalue weighted by Crippen LogP contribution is 2.27. The number of benzene rings is 2. The SMILES string of the molecule is CC(=O)Nc1ccc(Cl)c(NC(=O)C2CCCN(C(=O)c3ccc(F)cc3)C2)c1. The van der Waals surface area contributed by atoms with Crippen LogP contribution < -0.4 is 10.6 Å². The number of carbonyl (C=O) groups excluding carboxylic acids is 3. The number of likely N-dealkylation sites (tertiary alicyclic amines) is 1. The number of hydrogen-bond acceptors (Lipinski definition) is 3. The Hall–Kier alpha value is -2.93. The topological polar surface area (TPSA) is 78.5 Å². The minimum Gasteiger partial charge on any atom is -0.338 e. The number of amides is 3. The quantitative estimate of drug-likeness (QED) is 0.791. The third-order valence-electron chi connectivity index (χ3n) is 4.72. The molecule has 0 aromatic heterocycles. The lowest BCUT2D eigenvalue weighted by Gasteiger charge is -2.32. The van der Waals surface area contributed by atoms with E-state index >= 15 is 0 Å². The Morgan fingerprint density at radius 3 is 2.52 bits per heavy atom. The second-order valence-corrected chi connectivity index (χ2v) is 7.37. The molecule has 2 aromatic rings. The average Bonchev–Trinajstić information content (AvgIpc) is 2.70. The van der Waals surface area contributed by atoms with Crippen LogP contribution in [0, 0.1) is 11.7 Å². The maximum absolute atomic E-state index is 13.1. The van der Waals surface area contributed by atoms with Gasteiger partial charge in [0.1, 0.15) is 5.82 Å². The average molecular weight is 418 g/mol. The highest BCUT2D eigenvalue weighted by Gasteiger charge is 2.29. The van der Waals surface area contributed by atoms with Gasteiger partial charge in [-0.05, 0) is 55.3 Å². The van der Waals surface area contributed by atoms with Crippen molar-refractivity contribution in [3.05, 3.63) is 58.9 Å². The molecule has 0 saturated carbocycles. The summed E-state index contributed by atoms with van der Waals surface area (Å²) in [6, 6.07) is 10.2. The molecule has 3 amide bonds. The molecule has 8 heteroatoms. The van der Waals surface area contributed by atoms with Gasteiger partial charge in [0, 0.05) is 31.3 Å². The smallest absolute Gasteiger partial charge is 0.253 e. The molecule has 1 unspecified atom stereocenters. The molecule has 1 aliphatic rings. The first-order valence-corrected chi connectivity index (χ1v) is 9.64. The third-order valence-corrected chi connectivity index (χ3v) is 5.04. The van der Waals surface area contributed by atoms with Gasteiger partial charge in [0.05, 0.1) is 16.6 Å². The Balaban J connectivity index is 1.67. The highest BCUT2D eigenvalue weighted by molar-refractivity contribution is 6.33. The Bertz CT molecular complexity index is 933. The first kappa shape index (κ1) is 20.8. The Morgan fingerprint density at radius 1 is 1.10 bits per heavy atom. The minimum absolute atomic E-state index is 0.229. The number of halogens is 2. The van der Waals surface area contributed by atoms with E-state index in [0.29, 0.717) is 41.3 Å². The zero-order chi connectivity index (χ0) is 21.0. The lowest BCUT2D eigenvalue weighted by atomic mass is 9.96. The fourth-order valence-corrected chi connectivity index (χ4v) is 3.45. The van der Waals surface area contributed by atoms with Crippen LogP contribution in [-0.2, 0) is 9.59 Å². The van der Waals surface area contributed by atoms with Gasteiger partial charge in [-0.1, -0.05) is 11.6 Å². The van der Waals surface area contributed by atoms with Gasteiger partial charge < -0.3 is 15.5 Å². The largest absolute Gasteiger partial charge is 0.338 e. The van der Waals surface area contributed by atoms with Gasteiger partial charge >= 0.3 is 0 Å². The first-order valence-electron chi connectivity index (χ1n) is 9.26. The molecule has 1 heterocycles. The van der Waals surface area contributed by atoms with E-state index in [9.17, 15) is 18.8 Å². The minimum atomic E-state index is -0.407. The third kappa shape index (κ3) is 5.32. The van der Waals surface area contributed by atoms with Crippen LogP contribution in [-0.4, -0.2) is 35.7 Å². The zero-order valence-electron chi connectivity index (χ0n) is 15.9. The van der Waals surface area contributed by atoms with Crippen molar-refractivity contribution in [1.29, 1.82) is 0 Å².